The van der Waals surface area contributed by atoms with Crippen LogP contribution in [-0.2, 0) is 29.2 Å². The van der Waals surface area contributed by atoms with Crippen molar-refractivity contribution in [3.05, 3.63) is 82.3 Å². The fraction of sp³-hybridized carbons (Fsp3) is 0.174. The number of hydrogen-bond acceptors (Lipinski definition) is 9. The number of hydrogen-bond donors (Lipinski definition) is 2. The van der Waals surface area contributed by atoms with Gasteiger partial charge in [-0.05, 0) is 30.2 Å². The van der Waals surface area contributed by atoms with Crippen LogP contribution in [0.5, 0.6) is 0 Å². The van der Waals surface area contributed by atoms with Gasteiger partial charge in [-0.2, -0.15) is 13.7 Å². The molecule has 1 aliphatic heterocycles. The van der Waals surface area contributed by atoms with E-state index >= 15 is 0 Å². The number of aryl methyl sites for hydroxylation is 1. The van der Waals surface area contributed by atoms with Crippen LogP contribution in [0.25, 0.3) is 0 Å². The Hall–Kier alpha value is -4.14. The predicted octanol–water partition coefficient (Wildman–Crippen LogP) is 2.14. The van der Waals surface area contributed by atoms with E-state index in [-0.39, 0.29) is 22.7 Å². The van der Waals surface area contributed by atoms with Crippen LogP contribution in [0.2, 0.25) is 0 Å². The minimum atomic E-state index is -4.81. The third-order valence-electron chi connectivity index (χ3n) is 5.24. The van der Waals surface area contributed by atoms with Crippen molar-refractivity contribution in [1.29, 1.82) is 5.26 Å². The number of carbonyl (C=O) groups is 2. The first-order valence-corrected chi connectivity index (χ1v) is 11.2. The van der Waals surface area contributed by atoms with Gasteiger partial charge >= 0.3 is 11.9 Å². The quantitative estimate of drug-likeness (QED) is 0.476. The van der Waals surface area contributed by atoms with Crippen molar-refractivity contribution in [3.8, 4) is 6.07 Å². The molecule has 0 amide bonds. The van der Waals surface area contributed by atoms with Crippen LogP contribution < -0.4 is 10.6 Å². The Morgan fingerprint density at radius 2 is 1.71 bits per heavy atom. The Balaban J connectivity index is 2.51. The highest BCUT2D eigenvalue weighted by atomic mass is 32.2. The number of methoxy groups -OCH3 is 2. The first-order chi connectivity index (χ1) is 16.1. The van der Waals surface area contributed by atoms with Crippen LogP contribution in [0.15, 0.2) is 76.1 Å². The second kappa shape index (κ2) is 9.38. The number of esters is 2. The van der Waals surface area contributed by atoms with E-state index in [1.165, 1.54) is 18.2 Å². The number of benzene rings is 2. The number of anilines is 1. The molecule has 0 spiro atoms. The largest absolute Gasteiger partial charge is 0.466 e. The molecule has 3 rings (SSSR count). The second-order valence-electron chi connectivity index (χ2n) is 7.28. The van der Waals surface area contributed by atoms with Gasteiger partial charge in [0.25, 0.3) is 10.1 Å². The molecule has 176 valence electrons. The van der Waals surface area contributed by atoms with Gasteiger partial charge in [-0.25, -0.2) is 9.59 Å². The lowest BCUT2D eigenvalue weighted by molar-refractivity contribution is -0.139. The van der Waals surface area contributed by atoms with Crippen LogP contribution in [0.4, 0.5) is 5.69 Å². The molecule has 2 aromatic rings. The molecule has 1 unspecified atom stereocenters. The van der Waals surface area contributed by atoms with Crippen LogP contribution in [0, 0.1) is 18.3 Å². The Morgan fingerprint density at radius 3 is 2.24 bits per heavy atom. The van der Waals surface area contributed by atoms with Crippen molar-refractivity contribution in [2.75, 3.05) is 19.1 Å². The number of nitrogens with zero attached hydrogens (tertiary/aromatic N) is 2. The van der Waals surface area contributed by atoms with Crippen LogP contribution >= 0.6 is 0 Å². The van der Waals surface area contributed by atoms with E-state index in [4.69, 9.17) is 15.2 Å². The van der Waals surface area contributed by atoms with Gasteiger partial charge < -0.3 is 15.2 Å². The summed E-state index contributed by atoms with van der Waals surface area (Å²) in [7, 11) is -2.65. The number of ether oxygens (including phenoxy) is 2. The molecule has 3 N–H and O–H groups in total. The zero-order valence-electron chi connectivity index (χ0n) is 18.5. The normalized spacial score (nSPS) is 16.2. The summed E-state index contributed by atoms with van der Waals surface area (Å²) in [6.07, 6.45) is 0. The highest BCUT2D eigenvalue weighted by Crippen LogP contribution is 2.44. The summed E-state index contributed by atoms with van der Waals surface area (Å²) >= 11 is 0. The van der Waals surface area contributed by atoms with E-state index in [1.54, 1.807) is 37.3 Å². The molecular weight excluding hydrogens is 462 g/mol. The van der Waals surface area contributed by atoms with Crippen molar-refractivity contribution in [2.24, 2.45) is 5.73 Å². The van der Waals surface area contributed by atoms with Gasteiger partial charge in [-0.1, -0.05) is 36.4 Å². The van der Waals surface area contributed by atoms with Crippen LogP contribution in [0.3, 0.4) is 0 Å². The number of carbonyl (C=O) groups excluding carboxylic acids is 2. The predicted molar refractivity (Wildman–Crippen MR) is 121 cm³/mol. The van der Waals surface area contributed by atoms with E-state index in [2.05, 4.69) is 0 Å². The fourth-order valence-electron chi connectivity index (χ4n) is 3.78. The lowest BCUT2D eigenvalue weighted by atomic mass is 9.81. The highest BCUT2D eigenvalue weighted by molar-refractivity contribution is 7.86. The third-order valence-corrected chi connectivity index (χ3v) is 6.13. The first-order valence-electron chi connectivity index (χ1n) is 9.80. The second-order valence-corrected chi connectivity index (χ2v) is 8.67. The molecular formula is C23H21N3O7S. The van der Waals surface area contributed by atoms with Crippen LogP contribution in [-0.4, -0.2) is 39.1 Å². The fourth-order valence-corrected chi connectivity index (χ4v) is 4.53. The van der Waals surface area contributed by atoms with Crippen molar-refractivity contribution in [2.45, 2.75) is 17.7 Å². The van der Waals surface area contributed by atoms with Gasteiger partial charge in [0.1, 0.15) is 16.4 Å². The summed E-state index contributed by atoms with van der Waals surface area (Å²) in [5, 5.41) is 10.0. The Labute approximate surface area is 196 Å². The topological polar surface area (TPSA) is 160 Å². The molecule has 1 atom stereocenters. The van der Waals surface area contributed by atoms with E-state index in [0.717, 1.165) is 19.1 Å². The number of rotatable bonds is 5. The van der Waals surface area contributed by atoms with Gasteiger partial charge in [0.2, 0.25) is 0 Å². The third kappa shape index (κ3) is 4.24. The Morgan fingerprint density at radius 1 is 1.09 bits per heavy atom. The lowest BCUT2D eigenvalue weighted by Crippen LogP contribution is -2.41. The molecule has 0 fully saturated rings. The molecule has 34 heavy (non-hydrogen) atoms. The van der Waals surface area contributed by atoms with Gasteiger partial charge in [-0.15, -0.1) is 0 Å². The summed E-state index contributed by atoms with van der Waals surface area (Å²) in [6, 6.07) is 14.3. The van der Waals surface area contributed by atoms with Crippen molar-refractivity contribution >= 4 is 27.7 Å². The number of nitriles is 1. The maximum Gasteiger partial charge on any atom is 0.355 e. The zero-order chi connectivity index (χ0) is 25.2. The molecule has 1 aliphatic rings. The summed E-state index contributed by atoms with van der Waals surface area (Å²) in [5.41, 5.74) is 6.16. The standard InChI is InChI=1S/C23H21N3O7S/c1-13-9-10-16(17(11-13)34(29,30)31)26-20(23(28)33-3)19(22(27)32-2)18(15(12-24)21(26)25)14-7-5-4-6-8-14/h4-11,18H,25H2,1-3H3,(H,29,30,31). The van der Waals surface area contributed by atoms with E-state index < -0.39 is 38.6 Å². The van der Waals surface area contributed by atoms with E-state index in [9.17, 15) is 27.8 Å². The minimum Gasteiger partial charge on any atom is -0.466 e. The average Bonchev–Trinajstić information content (AvgIpc) is 2.82. The molecule has 2 aromatic carbocycles. The Kier molecular flexibility index (Phi) is 6.76. The smallest absolute Gasteiger partial charge is 0.355 e. The molecule has 11 heteroatoms. The lowest BCUT2D eigenvalue weighted by Gasteiger charge is -2.36. The first kappa shape index (κ1) is 24.5. The summed E-state index contributed by atoms with van der Waals surface area (Å²) < 4.78 is 44.1. The molecule has 0 saturated carbocycles. The van der Waals surface area contributed by atoms with Gasteiger partial charge in [-0.3, -0.25) is 9.45 Å². The molecule has 0 aromatic heterocycles. The summed E-state index contributed by atoms with van der Waals surface area (Å²) in [5.74, 6) is -3.43. The van der Waals surface area contributed by atoms with Gasteiger partial charge in [0.05, 0.1) is 43.0 Å². The van der Waals surface area contributed by atoms with Crippen molar-refractivity contribution in [3.63, 3.8) is 0 Å². The van der Waals surface area contributed by atoms with E-state index in [1.807, 2.05) is 6.07 Å². The maximum atomic E-state index is 13.0. The highest BCUT2D eigenvalue weighted by Gasteiger charge is 2.44. The monoisotopic (exact) mass is 483 g/mol. The molecule has 1 heterocycles. The molecule has 10 nitrogen and oxygen atoms in total. The number of nitrogens with two attached hydrogens (primary N) is 1. The van der Waals surface area contributed by atoms with E-state index in [0.29, 0.717) is 11.1 Å². The molecule has 0 radical (unpaired) electrons. The Bertz CT molecular complexity index is 1370. The molecule has 0 aliphatic carbocycles. The van der Waals surface area contributed by atoms with Crippen molar-refractivity contribution < 1.29 is 32.0 Å². The maximum absolute atomic E-state index is 13.0. The SMILES string of the molecule is COC(=O)C1=C(C(=O)OC)N(c2ccc(C)cc2S(=O)(=O)O)C(N)=C(C#N)C1c1ccccc1. The van der Waals surface area contributed by atoms with Gasteiger partial charge in [0.15, 0.2) is 0 Å². The van der Waals surface area contributed by atoms with Crippen LogP contribution in [0.1, 0.15) is 17.0 Å². The average molecular weight is 484 g/mol. The summed E-state index contributed by atoms with van der Waals surface area (Å²) in [6.45, 7) is 1.59. The van der Waals surface area contributed by atoms with Crippen molar-refractivity contribution in [1.82, 2.24) is 0 Å². The summed E-state index contributed by atoms with van der Waals surface area (Å²) in [4.78, 5) is 26.4. The number of allylic oxidation sites excluding steroid dienone is 1. The van der Waals surface area contributed by atoms with Gasteiger partial charge in [0, 0.05) is 0 Å². The minimum absolute atomic E-state index is 0.138. The molecule has 0 bridgehead atoms. The molecule has 0 saturated heterocycles. The zero-order valence-corrected chi connectivity index (χ0v) is 19.3.